The molecular formula is C28H27N3O4. The maximum absolute atomic E-state index is 13.6. The molecule has 0 radical (unpaired) electrons. The molecule has 0 saturated heterocycles. The number of aryl methyl sites for hydroxylation is 1. The highest BCUT2D eigenvalue weighted by atomic mass is 16.5. The summed E-state index contributed by atoms with van der Waals surface area (Å²) in [5.41, 5.74) is 4.47. The first-order chi connectivity index (χ1) is 16.9. The Bertz CT molecular complexity index is 1340. The highest BCUT2D eigenvalue weighted by molar-refractivity contribution is 6.09. The van der Waals surface area contributed by atoms with E-state index in [1.807, 2.05) is 56.3 Å². The molecule has 3 aromatic rings. The van der Waals surface area contributed by atoms with Crippen LogP contribution in [0.2, 0.25) is 0 Å². The normalized spacial score (nSPS) is 19.8. The monoisotopic (exact) mass is 469 g/mol. The van der Waals surface area contributed by atoms with Crippen molar-refractivity contribution in [2.75, 3.05) is 12.4 Å². The van der Waals surface area contributed by atoms with E-state index >= 15 is 0 Å². The van der Waals surface area contributed by atoms with Gasteiger partial charge in [-0.1, -0.05) is 18.2 Å². The number of hydrogen-bond donors (Lipinski definition) is 2. The molecule has 1 amide bonds. The SMILES string of the molecule is COc1cccc([C@@H]2C(C(=O)Nc3ccc(C)cn3)=C(C)NC3=C2C(=O)C[C@@H](c2ccco2)C3)c1. The number of methoxy groups -OCH3 is 1. The van der Waals surface area contributed by atoms with Gasteiger partial charge in [-0.25, -0.2) is 4.98 Å². The number of ketones is 1. The van der Waals surface area contributed by atoms with Crippen LogP contribution in [0, 0.1) is 6.92 Å². The van der Waals surface area contributed by atoms with Gasteiger partial charge in [-0.15, -0.1) is 0 Å². The highest BCUT2D eigenvalue weighted by Crippen LogP contribution is 2.46. The molecule has 2 atom stereocenters. The number of Topliss-reactive ketones (excluding diaryl/α,β-unsaturated/α-hetero) is 1. The number of benzene rings is 1. The Hall–Kier alpha value is -4.13. The van der Waals surface area contributed by atoms with Crippen molar-refractivity contribution in [1.29, 1.82) is 0 Å². The van der Waals surface area contributed by atoms with E-state index < -0.39 is 5.92 Å². The predicted molar refractivity (Wildman–Crippen MR) is 132 cm³/mol. The number of hydrogen-bond acceptors (Lipinski definition) is 6. The van der Waals surface area contributed by atoms with Crippen molar-refractivity contribution in [1.82, 2.24) is 10.3 Å². The number of carbonyl (C=O) groups is 2. The van der Waals surface area contributed by atoms with Crippen LogP contribution >= 0.6 is 0 Å². The number of allylic oxidation sites excluding steroid dienone is 3. The summed E-state index contributed by atoms with van der Waals surface area (Å²) >= 11 is 0. The number of ether oxygens (including phenoxy) is 1. The van der Waals surface area contributed by atoms with E-state index in [0.29, 0.717) is 41.3 Å². The number of amides is 1. The van der Waals surface area contributed by atoms with Crippen LogP contribution in [-0.2, 0) is 9.59 Å². The first-order valence-electron chi connectivity index (χ1n) is 11.6. The summed E-state index contributed by atoms with van der Waals surface area (Å²) in [5.74, 6) is 1.04. The third kappa shape index (κ3) is 4.37. The van der Waals surface area contributed by atoms with Gasteiger partial charge in [0.15, 0.2) is 5.78 Å². The summed E-state index contributed by atoms with van der Waals surface area (Å²) in [6.45, 7) is 3.81. The molecular weight excluding hydrogens is 442 g/mol. The number of aromatic nitrogens is 1. The molecule has 35 heavy (non-hydrogen) atoms. The minimum Gasteiger partial charge on any atom is -0.497 e. The van der Waals surface area contributed by atoms with E-state index in [4.69, 9.17) is 9.15 Å². The van der Waals surface area contributed by atoms with Gasteiger partial charge in [0.2, 0.25) is 0 Å². The van der Waals surface area contributed by atoms with E-state index in [1.165, 1.54) is 0 Å². The van der Waals surface area contributed by atoms with Crippen LogP contribution in [-0.4, -0.2) is 23.8 Å². The molecule has 2 N–H and O–H groups in total. The lowest BCUT2D eigenvalue weighted by molar-refractivity contribution is -0.116. The standard InChI is InChI=1S/C28H27N3O4/c1-16-9-10-24(29-15-16)31-28(33)25-17(2)30-21-13-19(23-8-5-11-35-23)14-22(32)27(21)26(25)18-6-4-7-20(12-18)34-3/h4-12,15,19,26,30H,13-14H2,1-3H3,(H,29,31,33)/t19-,26+/m0/s1. The lowest BCUT2D eigenvalue weighted by Gasteiger charge is -2.36. The van der Waals surface area contributed by atoms with Gasteiger partial charge in [-0.3, -0.25) is 9.59 Å². The molecule has 1 aliphatic carbocycles. The highest BCUT2D eigenvalue weighted by Gasteiger charge is 2.41. The first-order valence-corrected chi connectivity index (χ1v) is 11.6. The number of furan rings is 1. The van der Waals surface area contributed by atoms with Crippen LogP contribution in [0.4, 0.5) is 5.82 Å². The number of anilines is 1. The molecule has 0 fully saturated rings. The first kappa shape index (κ1) is 22.7. The minimum atomic E-state index is -0.531. The van der Waals surface area contributed by atoms with Gasteiger partial charge in [0.1, 0.15) is 17.3 Å². The molecule has 7 heteroatoms. The van der Waals surface area contributed by atoms with Gasteiger partial charge in [0.05, 0.1) is 13.4 Å². The largest absolute Gasteiger partial charge is 0.497 e. The van der Waals surface area contributed by atoms with Crippen LogP contribution in [0.1, 0.15) is 48.5 Å². The lowest BCUT2D eigenvalue weighted by atomic mass is 9.72. The molecule has 0 bridgehead atoms. The zero-order valence-corrected chi connectivity index (χ0v) is 19.9. The molecule has 1 aliphatic heterocycles. The fourth-order valence-electron chi connectivity index (χ4n) is 4.94. The Morgan fingerprint density at radius 3 is 2.71 bits per heavy atom. The van der Waals surface area contributed by atoms with Gasteiger partial charge < -0.3 is 19.8 Å². The van der Waals surface area contributed by atoms with Crippen molar-refractivity contribution in [3.63, 3.8) is 0 Å². The van der Waals surface area contributed by atoms with Crippen molar-refractivity contribution >= 4 is 17.5 Å². The molecule has 2 aromatic heterocycles. The Balaban J connectivity index is 1.57. The number of carbonyl (C=O) groups excluding carboxylic acids is 2. The number of nitrogens with one attached hydrogen (secondary N) is 2. The van der Waals surface area contributed by atoms with E-state index in [0.717, 1.165) is 22.6 Å². The maximum Gasteiger partial charge on any atom is 0.255 e. The molecule has 178 valence electrons. The van der Waals surface area contributed by atoms with Crippen molar-refractivity contribution in [2.45, 2.75) is 38.5 Å². The quantitative estimate of drug-likeness (QED) is 0.547. The van der Waals surface area contributed by atoms with E-state index in [2.05, 4.69) is 15.6 Å². The third-order valence-electron chi connectivity index (χ3n) is 6.60. The lowest BCUT2D eigenvalue weighted by Crippen LogP contribution is -2.37. The Labute approximate surface area is 203 Å². The minimum absolute atomic E-state index is 0.000712. The third-order valence-corrected chi connectivity index (χ3v) is 6.60. The maximum atomic E-state index is 13.6. The smallest absolute Gasteiger partial charge is 0.255 e. The molecule has 0 saturated carbocycles. The van der Waals surface area contributed by atoms with Crippen LogP contribution in [0.5, 0.6) is 5.75 Å². The zero-order valence-electron chi connectivity index (χ0n) is 19.9. The van der Waals surface area contributed by atoms with E-state index in [9.17, 15) is 9.59 Å². The van der Waals surface area contributed by atoms with Gasteiger partial charge in [0, 0.05) is 47.0 Å². The van der Waals surface area contributed by atoms with Crippen molar-refractivity contribution in [3.8, 4) is 5.75 Å². The fraction of sp³-hybridized carbons (Fsp3) is 0.250. The molecule has 0 unspecified atom stereocenters. The fourth-order valence-corrected chi connectivity index (χ4v) is 4.94. The van der Waals surface area contributed by atoms with Gasteiger partial charge in [-0.2, -0.15) is 0 Å². The summed E-state index contributed by atoms with van der Waals surface area (Å²) in [5, 5.41) is 6.29. The predicted octanol–water partition coefficient (Wildman–Crippen LogP) is 4.99. The summed E-state index contributed by atoms with van der Waals surface area (Å²) in [6, 6.07) is 14.9. The number of dihydropyridines is 1. The molecule has 3 heterocycles. The average molecular weight is 470 g/mol. The van der Waals surface area contributed by atoms with Crippen LogP contribution in [0.15, 0.2) is 87.9 Å². The summed E-state index contributed by atoms with van der Waals surface area (Å²) < 4.78 is 11.0. The molecule has 5 rings (SSSR count). The second-order valence-corrected chi connectivity index (χ2v) is 8.98. The van der Waals surface area contributed by atoms with Gasteiger partial charge in [-0.05, 0) is 61.7 Å². The number of nitrogens with zero attached hydrogens (tertiary/aromatic N) is 1. The Morgan fingerprint density at radius 1 is 1.14 bits per heavy atom. The van der Waals surface area contributed by atoms with Crippen molar-refractivity contribution in [3.05, 3.63) is 100 Å². The van der Waals surface area contributed by atoms with Gasteiger partial charge >= 0.3 is 0 Å². The summed E-state index contributed by atoms with van der Waals surface area (Å²) in [4.78, 5) is 31.5. The van der Waals surface area contributed by atoms with Crippen LogP contribution in [0.25, 0.3) is 0 Å². The summed E-state index contributed by atoms with van der Waals surface area (Å²) in [7, 11) is 1.60. The Morgan fingerprint density at radius 2 is 2.00 bits per heavy atom. The second-order valence-electron chi connectivity index (χ2n) is 8.98. The number of pyridine rings is 1. The van der Waals surface area contributed by atoms with Gasteiger partial charge in [0.25, 0.3) is 5.91 Å². The molecule has 1 aromatic carbocycles. The molecule has 7 nitrogen and oxygen atoms in total. The van der Waals surface area contributed by atoms with Crippen LogP contribution in [0.3, 0.4) is 0 Å². The van der Waals surface area contributed by atoms with Crippen LogP contribution < -0.4 is 15.4 Å². The van der Waals surface area contributed by atoms with E-state index in [1.54, 1.807) is 25.6 Å². The molecule has 2 aliphatic rings. The van der Waals surface area contributed by atoms with Crippen molar-refractivity contribution < 1.29 is 18.7 Å². The molecule has 0 spiro atoms. The average Bonchev–Trinajstić information content (AvgIpc) is 3.39. The number of rotatable bonds is 5. The topological polar surface area (TPSA) is 93.5 Å². The van der Waals surface area contributed by atoms with E-state index in [-0.39, 0.29) is 17.6 Å². The second kappa shape index (κ2) is 9.25. The summed E-state index contributed by atoms with van der Waals surface area (Å²) in [6.07, 6.45) is 4.28. The zero-order chi connectivity index (χ0) is 24.5. The van der Waals surface area contributed by atoms with Crippen molar-refractivity contribution in [2.24, 2.45) is 0 Å². The Kier molecular flexibility index (Phi) is 5.99.